The zero-order valence-corrected chi connectivity index (χ0v) is 14.3. The third-order valence-electron chi connectivity index (χ3n) is 3.22. The highest BCUT2D eigenvalue weighted by molar-refractivity contribution is 5.95. The molecule has 0 spiro atoms. The lowest BCUT2D eigenvalue weighted by Crippen LogP contribution is -2.45. The minimum absolute atomic E-state index is 0. The van der Waals surface area contributed by atoms with Crippen molar-refractivity contribution in [3.8, 4) is 5.69 Å². The Labute approximate surface area is 141 Å². The van der Waals surface area contributed by atoms with E-state index in [2.05, 4.69) is 10.4 Å². The Morgan fingerprint density at radius 3 is 2.48 bits per heavy atom. The summed E-state index contributed by atoms with van der Waals surface area (Å²) in [5.74, 6) is -0.513. The second-order valence-electron chi connectivity index (χ2n) is 5.92. The predicted octanol–water partition coefficient (Wildman–Crippen LogP) is 2.46. The van der Waals surface area contributed by atoms with E-state index in [1.807, 2.05) is 20.8 Å². The number of carbonyl (C=O) groups excluding carboxylic acids is 1. The molecular formula is C16H22ClFN4O. The van der Waals surface area contributed by atoms with Crippen LogP contribution in [0, 0.1) is 5.82 Å². The van der Waals surface area contributed by atoms with Crippen LogP contribution in [0.3, 0.4) is 0 Å². The number of amides is 1. The van der Waals surface area contributed by atoms with Gasteiger partial charge in [0.05, 0.1) is 23.1 Å². The van der Waals surface area contributed by atoms with Gasteiger partial charge in [0.2, 0.25) is 0 Å². The summed E-state index contributed by atoms with van der Waals surface area (Å²) in [6.45, 7) is 6.00. The van der Waals surface area contributed by atoms with E-state index in [0.717, 1.165) is 11.4 Å². The number of nitrogens with two attached hydrogens (primary N) is 1. The van der Waals surface area contributed by atoms with E-state index < -0.39 is 5.54 Å². The van der Waals surface area contributed by atoms with Gasteiger partial charge in [-0.05, 0) is 44.5 Å². The minimum Gasteiger partial charge on any atom is -0.350 e. The molecular weight excluding hydrogens is 319 g/mol. The third-order valence-corrected chi connectivity index (χ3v) is 3.22. The van der Waals surface area contributed by atoms with Crippen molar-refractivity contribution in [3.63, 3.8) is 0 Å². The average Bonchev–Trinajstić information content (AvgIpc) is 2.88. The van der Waals surface area contributed by atoms with Gasteiger partial charge in [0.25, 0.3) is 5.91 Å². The molecule has 1 heterocycles. The van der Waals surface area contributed by atoms with Gasteiger partial charge >= 0.3 is 0 Å². The fourth-order valence-corrected chi connectivity index (χ4v) is 2.11. The third kappa shape index (κ3) is 4.77. The van der Waals surface area contributed by atoms with Gasteiger partial charge in [0.15, 0.2) is 0 Å². The van der Waals surface area contributed by atoms with Crippen molar-refractivity contribution < 1.29 is 9.18 Å². The van der Waals surface area contributed by atoms with Gasteiger partial charge in [0.1, 0.15) is 5.82 Å². The Morgan fingerprint density at radius 1 is 1.35 bits per heavy atom. The van der Waals surface area contributed by atoms with E-state index in [9.17, 15) is 9.18 Å². The van der Waals surface area contributed by atoms with Crippen LogP contribution in [0.1, 0.15) is 36.8 Å². The van der Waals surface area contributed by atoms with Gasteiger partial charge in [-0.2, -0.15) is 5.10 Å². The molecule has 126 valence electrons. The van der Waals surface area contributed by atoms with Gasteiger partial charge in [-0.1, -0.05) is 6.92 Å². The molecule has 23 heavy (non-hydrogen) atoms. The zero-order valence-electron chi connectivity index (χ0n) is 13.5. The molecule has 2 rings (SSSR count). The molecule has 0 aliphatic heterocycles. The van der Waals surface area contributed by atoms with E-state index >= 15 is 0 Å². The van der Waals surface area contributed by atoms with Gasteiger partial charge in [-0.25, -0.2) is 9.07 Å². The van der Waals surface area contributed by atoms with Crippen molar-refractivity contribution in [2.24, 2.45) is 5.73 Å². The van der Waals surface area contributed by atoms with Crippen LogP contribution in [-0.2, 0) is 6.42 Å². The van der Waals surface area contributed by atoms with E-state index in [1.54, 1.807) is 16.8 Å². The molecule has 0 radical (unpaired) electrons. The van der Waals surface area contributed by atoms with Gasteiger partial charge in [-0.15, -0.1) is 12.4 Å². The normalized spacial score (nSPS) is 11.0. The zero-order chi connectivity index (χ0) is 16.3. The second kappa shape index (κ2) is 7.57. The van der Waals surface area contributed by atoms with E-state index in [1.165, 1.54) is 18.3 Å². The molecule has 0 atom stereocenters. The summed E-state index contributed by atoms with van der Waals surface area (Å²) < 4.78 is 14.7. The molecule has 2 aromatic rings. The molecule has 1 amide bonds. The highest BCUT2D eigenvalue weighted by Crippen LogP contribution is 2.16. The van der Waals surface area contributed by atoms with E-state index in [4.69, 9.17) is 5.73 Å². The molecule has 0 bridgehead atoms. The lowest BCUT2D eigenvalue weighted by atomic mass is 10.1. The lowest BCUT2D eigenvalue weighted by Gasteiger charge is -2.18. The molecule has 1 aromatic heterocycles. The van der Waals surface area contributed by atoms with E-state index in [-0.39, 0.29) is 24.1 Å². The van der Waals surface area contributed by atoms with Gasteiger partial charge < -0.3 is 11.1 Å². The topological polar surface area (TPSA) is 72.9 Å². The molecule has 0 fully saturated rings. The molecule has 0 unspecified atom stereocenters. The van der Waals surface area contributed by atoms with Gasteiger partial charge in [0, 0.05) is 12.1 Å². The Balaban J connectivity index is 0.00000264. The first-order valence-electron chi connectivity index (χ1n) is 7.22. The fourth-order valence-electron chi connectivity index (χ4n) is 2.11. The highest BCUT2D eigenvalue weighted by atomic mass is 35.5. The lowest BCUT2D eigenvalue weighted by molar-refractivity contribution is 0.0945. The molecule has 0 saturated heterocycles. The molecule has 7 heteroatoms. The van der Waals surface area contributed by atoms with Crippen molar-refractivity contribution >= 4 is 18.3 Å². The number of nitrogens with one attached hydrogen (secondary N) is 1. The first-order chi connectivity index (χ1) is 10.3. The van der Waals surface area contributed by atoms with Gasteiger partial charge in [-0.3, -0.25) is 4.79 Å². The first kappa shape index (κ1) is 19.1. The first-order valence-corrected chi connectivity index (χ1v) is 7.22. The second-order valence-corrected chi connectivity index (χ2v) is 5.92. The van der Waals surface area contributed by atoms with E-state index in [0.29, 0.717) is 18.5 Å². The van der Waals surface area contributed by atoms with Crippen LogP contribution >= 0.6 is 12.4 Å². The van der Waals surface area contributed by atoms with Crippen LogP contribution in [0.15, 0.2) is 30.5 Å². The summed E-state index contributed by atoms with van der Waals surface area (Å²) in [7, 11) is 0. The SMILES string of the molecule is CCc1c(C(=O)NCC(C)(C)N)cnn1-c1ccc(F)cc1.Cl. The molecule has 0 aliphatic carbocycles. The van der Waals surface area contributed by atoms with Crippen molar-refractivity contribution in [2.45, 2.75) is 32.7 Å². The number of rotatable bonds is 5. The van der Waals surface area contributed by atoms with Crippen molar-refractivity contribution in [1.29, 1.82) is 0 Å². The summed E-state index contributed by atoms with van der Waals surface area (Å²) in [6, 6.07) is 6.00. The number of aromatic nitrogens is 2. The van der Waals surface area contributed by atoms with Crippen LogP contribution in [0.4, 0.5) is 4.39 Å². The fraction of sp³-hybridized carbons (Fsp3) is 0.375. The predicted molar refractivity (Wildman–Crippen MR) is 90.7 cm³/mol. The van der Waals surface area contributed by atoms with Crippen LogP contribution in [0.5, 0.6) is 0 Å². The number of benzene rings is 1. The number of carbonyl (C=O) groups is 1. The molecule has 5 nitrogen and oxygen atoms in total. The Hall–Kier alpha value is -1.92. The summed E-state index contributed by atoms with van der Waals surface area (Å²) in [5.41, 5.74) is 7.40. The molecule has 0 saturated carbocycles. The quantitative estimate of drug-likeness (QED) is 0.878. The van der Waals surface area contributed by atoms with Crippen molar-refractivity contribution in [3.05, 3.63) is 47.5 Å². The summed E-state index contributed by atoms with van der Waals surface area (Å²) >= 11 is 0. The molecule has 1 aromatic carbocycles. The maximum absolute atomic E-state index is 13.0. The van der Waals surface area contributed by atoms with Crippen LogP contribution in [0.2, 0.25) is 0 Å². The largest absolute Gasteiger partial charge is 0.350 e. The average molecular weight is 341 g/mol. The Bertz CT molecular complexity index is 662. The van der Waals surface area contributed by atoms with Crippen LogP contribution < -0.4 is 11.1 Å². The smallest absolute Gasteiger partial charge is 0.254 e. The monoisotopic (exact) mass is 340 g/mol. The maximum atomic E-state index is 13.0. The summed E-state index contributed by atoms with van der Waals surface area (Å²) in [4.78, 5) is 12.3. The van der Waals surface area contributed by atoms with Crippen LogP contribution in [-0.4, -0.2) is 27.8 Å². The molecule has 3 N–H and O–H groups in total. The standard InChI is InChI=1S/C16H21FN4O.ClH/c1-4-14-13(15(22)19-10-16(2,3)18)9-20-21(14)12-7-5-11(17)6-8-12;/h5-9H,4,10,18H2,1-3H3,(H,19,22);1H. The number of halogens is 2. The summed E-state index contributed by atoms with van der Waals surface area (Å²) in [6.07, 6.45) is 2.16. The van der Waals surface area contributed by atoms with Crippen molar-refractivity contribution in [1.82, 2.24) is 15.1 Å². The Kier molecular flexibility index (Phi) is 6.29. The maximum Gasteiger partial charge on any atom is 0.254 e. The van der Waals surface area contributed by atoms with Crippen molar-refractivity contribution in [2.75, 3.05) is 6.54 Å². The Morgan fingerprint density at radius 2 is 1.96 bits per heavy atom. The van der Waals surface area contributed by atoms with Crippen LogP contribution in [0.25, 0.3) is 5.69 Å². The minimum atomic E-state index is -0.477. The summed E-state index contributed by atoms with van der Waals surface area (Å²) in [5, 5.41) is 7.06. The highest BCUT2D eigenvalue weighted by Gasteiger charge is 2.19. The number of hydrogen-bond acceptors (Lipinski definition) is 3. The molecule has 0 aliphatic rings. The number of nitrogens with zero attached hydrogens (tertiary/aromatic N) is 2. The number of hydrogen-bond donors (Lipinski definition) is 2.